The van der Waals surface area contributed by atoms with Crippen molar-refractivity contribution in [2.24, 2.45) is 0 Å². The second kappa shape index (κ2) is 4.12. The number of benzene rings is 1. The minimum atomic E-state index is 0.827. The average molecular weight is 310 g/mol. The van der Waals surface area contributed by atoms with Crippen molar-refractivity contribution in [3.63, 3.8) is 0 Å². The predicted octanol–water partition coefficient (Wildman–Crippen LogP) is 3.23. The minimum absolute atomic E-state index is 0.827. The molecule has 0 atom stereocenters. The molecule has 86 valence electrons. The summed E-state index contributed by atoms with van der Waals surface area (Å²) >= 11 is 4.84. The average Bonchev–Trinajstić information content (AvgIpc) is 2.86. The maximum absolute atomic E-state index is 5.20. The molecule has 0 N–H and O–H groups in total. The van der Waals surface area contributed by atoms with Crippen LogP contribution in [0.2, 0.25) is 0 Å². The molecule has 2 heterocycles. The fourth-order valence-corrected chi connectivity index (χ4v) is 2.81. The molecule has 3 rings (SSSR count). The Morgan fingerprint density at radius 1 is 1.41 bits per heavy atom. The van der Waals surface area contributed by atoms with Crippen LogP contribution in [0.25, 0.3) is 16.2 Å². The van der Waals surface area contributed by atoms with E-state index in [0.717, 1.165) is 25.9 Å². The van der Waals surface area contributed by atoms with Crippen LogP contribution in [0.4, 0.5) is 0 Å². The van der Waals surface area contributed by atoms with E-state index in [4.69, 9.17) is 4.74 Å². The summed E-state index contributed by atoms with van der Waals surface area (Å²) in [5, 5.41) is 4.26. The highest BCUT2D eigenvalue weighted by Crippen LogP contribution is 2.26. The molecule has 2 aromatic heterocycles. The van der Waals surface area contributed by atoms with Crippen molar-refractivity contribution < 1.29 is 4.74 Å². The van der Waals surface area contributed by atoms with Gasteiger partial charge in [0.15, 0.2) is 3.92 Å². The lowest BCUT2D eigenvalue weighted by Gasteiger charge is -2.00. The maximum atomic E-state index is 5.20. The molecule has 1 aromatic carbocycles. The number of aromatic nitrogens is 3. The van der Waals surface area contributed by atoms with Crippen LogP contribution in [-0.4, -0.2) is 21.7 Å². The summed E-state index contributed by atoms with van der Waals surface area (Å²) in [6, 6.07) is 7.83. The van der Waals surface area contributed by atoms with Crippen LogP contribution in [0, 0.1) is 0 Å². The number of methoxy groups -OCH3 is 1. The van der Waals surface area contributed by atoms with Gasteiger partial charge in [-0.1, -0.05) is 23.5 Å². The Balaban J connectivity index is 2.09. The third-order valence-electron chi connectivity index (χ3n) is 2.38. The molecule has 17 heavy (non-hydrogen) atoms. The van der Waals surface area contributed by atoms with Gasteiger partial charge in [0.05, 0.1) is 19.0 Å². The highest BCUT2D eigenvalue weighted by molar-refractivity contribution is 9.11. The molecular formula is C11H8BrN3OS. The Labute approximate surface area is 110 Å². The van der Waals surface area contributed by atoms with Crippen LogP contribution < -0.4 is 4.74 Å². The van der Waals surface area contributed by atoms with Crippen molar-refractivity contribution in [1.29, 1.82) is 0 Å². The molecule has 0 bridgehead atoms. The second-order valence-corrected chi connectivity index (χ2v) is 5.67. The molecule has 0 aliphatic carbocycles. The van der Waals surface area contributed by atoms with Gasteiger partial charge in [-0.05, 0) is 28.1 Å². The highest BCUT2D eigenvalue weighted by atomic mass is 79.9. The molecule has 0 aliphatic heterocycles. The van der Waals surface area contributed by atoms with Gasteiger partial charge in [-0.15, -0.1) is 5.10 Å². The van der Waals surface area contributed by atoms with Crippen LogP contribution >= 0.6 is 27.3 Å². The van der Waals surface area contributed by atoms with Crippen LogP contribution in [0.3, 0.4) is 0 Å². The van der Waals surface area contributed by atoms with Gasteiger partial charge >= 0.3 is 0 Å². The third-order valence-corrected chi connectivity index (χ3v) is 3.74. The van der Waals surface area contributed by atoms with E-state index in [2.05, 4.69) is 26.0 Å². The molecule has 0 unspecified atom stereocenters. The number of imidazole rings is 1. The molecule has 0 radical (unpaired) electrons. The van der Waals surface area contributed by atoms with E-state index < -0.39 is 0 Å². The molecule has 0 amide bonds. The molecule has 4 nitrogen and oxygen atoms in total. The van der Waals surface area contributed by atoms with Crippen molar-refractivity contribution in [2.45, 2.75) is 0 Å². The predicted molar refractivity (Wildman–Crippen MR) is 70.6 cm³/mol. The lowest BCUT2D eigenvalue weighted by Crippen LogP contribution is -1.83. The van der Waals surface area contributed by atoms with Crippen LogP contribution in [0.5, 0.6) is 5.75 Å². The molecule has 0 saturated carbocycles. The number of fused-ring (bicyclic) bond motifs is 1. The normalized spacial score (nSPS) is 10.9. The van der Waals surface area contributed by atoms with Crippen LogP contribution in [-0.2, 0) is 0 Å². The first-order valence-corrected chi connectivity index (χ1v) is 6.53. The van der Waals surface area contributed by atoms with Gasteiger partial charge in [0.1, 0.15) is 5.75 Å². The zero-order valence-corrected chi connectivity index (χ0v) is 11.3. The maximum Gasteiger partial charge on any atom is 0.213 e. The summed E-state index contributed by atoms with van der Waals surface area (Å²) < 4.78 is 7.79. The van der Waals surface area contributed by atoms with Gasteiger partial charge in [-0.3, -0.25) is 0 Å². The second-order valence-electron chi connectivity index (χ2n) is 3.44. The van der Waals surface area contributed by atoms with E-state index >= 15 is 0 Å². The van der Waals surface area contributed by atoms with Crippen molar-refractivity contribution in [3.8, 4) is 17.0 Å². The molecule has 0 aliphatic rings. The van der Waals surface area contributed by atoms with Crippen molar-refractivity contribution in [2.75, 3.05) is 7.11 Å². The summed E-state index contributed by atoms with van der Waals surface area (Å²) in [4.78, 5) is 5.38. The number of ether oxygens (including phenoxy) is 1. The Kier molecular flexibility index (Phi) is 2.60. The van der Waals surface area contributed by atoms with Gasteiger partial charge in [-0.2, -0.15) is 0 Å². The Morgan fingerprint density at radius 3 is 3.06 bits per heavy atom. The number of hydrogen-bond acceptors (Lipinski definition) is 4. The van der Waals surface area contributed by atoms with Crippen molar-refractivity contribution >= 4 is 32.2 Å². The molecule has 0 fully saturated rings. The van der Waals surface area contributed by atoms with Crippen LogP contribution in [0.15, 0.2) is 34.4 Å². The standard InChI is InChI=1S/C11H8BrN3OS/c1-16-8-4-2-3-7(5-8)9-6-15-11(13-9)17-10(12)14-15/h2-6H,1H3. The van der Waals surface area contributed by atoms with Crippen molar-refractivity contribution in [3.05, 3.63) is 34.4 Å². The summed E-state index contributed by atoms with van der Waals surface area (Å²) in [6.45, 7) is 0. The smallest absolute Gasteiger partial charge is 0.213 e. The number of halogens is 1. The fraction of sp³-hybridized carbons (Fsp3) is 0.0909. The van der Waals surface area contributed by atoms with Gasteiger partial charge < -0.3 is 4.74 Å². The Hall–Kier alpha value is -1.40. The van der Waals surface area contributed by atoms with Gasteiger partial charge in [0.25, 0.3) is 0 Å². The summed E-state index contributed by atoms with van der Waals surface area (Å²) in [7, 11) is 1.66. The first-order valence-electron chi connectivity index (χ1n) is 4.92. The topological polar surface area (TPSA) is 39.4 Å². The summed E-state index contributed by atoms with van der Waals surface area (Å²) in [5.74, 6) is 0.827. The number of hydrogen-bond donors (Lipinski definition) is 0. The SMILES string of the molecule is COc1cccc(-c2cn3nc(Br)sc3n2)c1. The molecule has 0 spiro atoms. The molecular weight excluding hydrogens is 302 g/mol. The Morgan fingerprint density at radius 2 is 2.29 bits per heavy atom. The van der Waals surface area contributed by atoms with Gasteiger partial charge in [0, 0.05) is 5.56 Å². The Bertz CT molecular complexity index is 645. The summed E-state index contributed by atoms with van der Waals surface area (Å²) in [6.07, 6.45) is 1.91. The molecule has 6 heteroatoms. The van der Waals surface area contributed by atoms with Gasteiger partial charge in [-0.25, -0.2) is 9.50 Å². The highest BCUT2D eigenvalue weighted by Gasteiger charge is 2.08. The van der Waals surface area contributed by atoms with Gasteiger partial charge in [0.2, 0.25) is 4.96 Å². The van der Waals surface area contributed by atoms with E-state index in [1.807, 2.05) is 30.5 Å². The first kappa shape index (κ1) is 10.7. The third kappa shape index (κ3) is 1.94. The lowest BCUT2D eigenvalue weighted by molar-refractivity contribution is 0.415. The fourth-order valence-electron chi connectivity index (χ4n) is 1.60. The van der Waals surface area contributed by atoms with Crippen LogP contribution in [0.1, 0.15) is 0 Å². The molecule has 0 saturated heterocycles. The van der Waals surface area contributed by atoms with E-state index in [-0.39, 0.29) is 0 Å². The van der Waals surface area contributed by atoms with E-state index in [0.29, 0.717) is 0 Å². The van der Waals surface area contributed by atoms with E-state index in [9.17, 15) is 0 Å². The lowest BCUT2D eigenvalue weighted by atomic mass is 10.1. The quantitative estimate of drug-likeness (QED) is 0.729. The summed E-state index contributed by atoms with van der Waals surface area (Å²) in [5.41, 5.74) is 1.92. The minimum Gasteiger partial charge on any atom is -0.497 e. The largest absolute Gasteiger partial charge is 0.497 e. The zero-order valence-electron chi connectivity index (χ0n) is 8.92. The van der Waals surface area contributed by atoms with E-state index in [1.165, 1.54) is 11.3 Å². The molecule has 3 aromatic rings. The first-order chi connectivity index (χ1) is 8.26. The monoisotopic (exact) mass is 309 g/mol. The number of rotatable bonds is 2. The van der Waals surface area contributed by atoms with E-state index in [1.54, 1.807) is 11.6 Å². The zero-order chi connectivity index (χ0) is 11.8. The van der Waals surface area contributed by atoms with Crippen molar-refractivity contribution in [1.82, 2.24) is 14.6 Å². The number of nitrogens with zero attached hydrogens (tertiary/aromatic N) is 3.